The van der Waals surface area contributed by atoms with Crippen molar-refractivity contribution in [2.75, 3.05) is 7.11 Å². The van der Waals surface area contributed by atoms with Gasteiger partial charge in [-0.1, -0.05) is 48.5 Å². The fraction of sp³-hybridized carbons (Fsp3) is 0.0435. The molecule has 0 radical (unpaired) electrons. The maximum absolute atomic E-state index is 11.1. The maximum Gasteiger partial charge on any atom is 0.270 e. The molecule has 0 unspecified atom stereocenters. The molecule has 7 heteroatoms. The van der Waals surface area contributed by atoms with Crippen LogP contribution in [0.1, 0.15) is 5.56 Å². The summed E-state index contributed by atoms with van der Waals surface area (Å²) in [5.41, 5.74) is 3.08. The molecule has 148 valence electrons. The predicted octanol–water partition coefficient (Wildman–Crippen LogP) is 5.21. The molecule has 0 spiro atoms. The number of hydrogen-bond acceptors (Lipinski definition) is 5. The number of nitro benzene ring substituents is 1. The summed E-state index contributed by atoms with van der Waals surface area (Å²) >= 11 is 0. The minimum Gasteiger partial charge on any atom is -0.496 e. The number of para-hydroxylation sites is 1. The minimum absolute atomic E-state index is 0.0289. The number of rotatable bonds is 6. The molecule has 0 amide bonds. The predicted molar refractivity (Wildman–Crippen MR) is 116 cm³/mol. The van der Waals surface area contributed by atoms with Crippen LogP contribution in [0.2, 0.25) is 0 Å². The van der Waals surface area contributed by atoms with Gasteiger partial charge >= 0.3 is 0 Å². The average molecular weight is 398 g/mol. The molecule has 4 aromatic rings. The summed E-state index contributed by atoms with van der Waals surface area (Å²) in [6, 6.07) is 25.8. The van der Waals surface area contributed by atoms with Gasteiger partial charge in [0.15, 0.2) is 5.82 Å². The molecule has 0 fully saturated rings. The average Bonchev–Trinajstić information content (AvgIpc) is 3.23. The summed E-state index contributed by atoms with van der Waals surface area (Å²) in [4.78, 5) is 15.3. The Morgan fingerprint density at radius 1 is 1.00 bits per heavy atom. The van der Waals surface area contributed by atoms with Crippen molar-refractivity contribution in [2.45, 2.75) is 0 Å². The lowest BCUT2D eigenvalue weighted by molar-refractivity contribution is -0.384. The third kappa shape index (κ3) is 3.95. The van der Waals surface area contributed by atoms with E-state index in [2.05, 4.69) is 4.99 Å². The highest BCUT2D eigenvalue weighted by atomic mass is 16.6. The Balaban J connectivity index is 1.80. The van der Waals surface area contributed by atoms with Gasteiger partial charge in [-0.3, -0.25) is 10.1 Å². The van der Waals surface area contributed by atoms with Crippen molar-refractivity contribution in [3.05, 3.63) is 101 Å². The fourth-order valence-corrected chi connectivity index (χ4v) is 3.04. The first-order valence-electron chi connectivity index (χ1n) is 9.23. The van der Waals surface area contributed by atoms with Gasteiger partial charge in [-0.05, 0) is 18.2 Å². The Labute approximate surface area is 173 Å². The van der Waals surface area contributed by atoms with Crippen LogP contribution in [0, 0.1) is 10.1 Å². The summed E-state index contributed by atoms with van der Waals surface area (Å²) in [5, 5.41) is 15.8. The molecular formula is C23H18N4O3. The fourth-order valence-electron chi connectivity index (χ4n) is 3.04. The number of aromatic nitrogens is 2. The number of non-ortho nitro benzene ring substituents is 1. The van der Waals surface area contributed by atoms with E-state index in [4.69, 9.17) is 9.84 Å². The van der Waals surface area contributed by atoms with Crippen LogP contribution in [-0.4, -0.2) is 28.0 Å². The van der Waals surface area contributed by atoms with Crippen molar-refractivity contribution in [2.24, 2.45) is 4.99 Å². The van der Waals surface area contributed by atoms with Crippen molar-refractivity contribution >= 4 is 17.7 Å². The molecule has 0 aliphatic carbocycles. The number of ether oxygens (including phenoxy) is 1. The second-order valence-corrected chi connectivity index (χ2v) is 6.44. The Bertz CT molecular complexity index is 1200. The molecule has 0 atom stereocenters. The van der Waals surface area contributed by atoms with Crippen molar-refractivity contribution in [3.63, 3.8) is 0 Å². The smallest absolute Gasteiger partial charge is 0.270 e. The number of aliphatic imine (C=N–C) groups is 1. The molecular weight excluding hydrogens is 380 g/mol. The van der Waals surface area contributed by atoms with Gasteiger partial charge in [0, 0.05) is 35.5 Å². The summed E-state index contributed by atoms with van der Waals surface area (Å²) in [5.74, 6) is 1.09. The van der Waals surface area contributed by atoms with Gasteiger partial charge in [-0.15, -0.1) is 0 Å². The van der Waals surface area contributed by atoms with Crippen molar-refractivity contribution < 1.29 is 9.66 Å². The van der Waals surface area contributed by atoms with Gasteiger partial charge in [0.25, 0.3) is 5.69 Å². The Kier molecular flexibility index (Phi) is 5.34. The quantitative estimate of drug-likeness (QED) is 0.254. The molecule has 1 aromatic heterocycles. The highest BCUT2D eigenvalue weighted by molar-refractivity contribution is 5.86. The van der Waals surface area contributed by atoms with Gasteiger partial charge in [-0.25, -0.2) is 9.67 Å². The van der Waals surface area contributed by atoms with Crippen molar-refractivity contribution in [1.29, 1.82) is 0 Å². The molecule has 7 nitrogen and oxygen atoms in total. The summed E-state index contributed by atoms with van der Waals surface area (Å²) in [7, 11) is 1.51. The summed E-state index contributed by atoms with van der Waals surface area (Å²) in [6.45, 7) is 0. The zero-order chi connectivity index (χ0) is 20.9. The van der Waals surface area contributed by atoms with Gasteiger partial charge in [-0.2, -0.15) is 5.10 Å². The first kappa shape index (κ1) is 19.1. The number of nitro groups is 1. The lowest BCUT2D eigenvalue weighted by Crippen LogP contribution is -1.97. The van der Waals surface area contributed by atoms with Crippen LogP contribution in [0.3, 0.4) is 0 Å². The van der Waals surface area contributed by atoms with Crippen molar-refractivity contribution in [3.8, 4) is 22.7 Å². The molecule has 0 saturated carbocycles. The normalized spacial score (nSPS) is 11.0. The Hall–Kier alpha value is -4.26. The first-order valence-corrected chi connectivity index (χ1v) is 9.23. The van der Waals surface area contributed by atoms with E-state index < -0.39 is 4.92 Å². The second kappa shape index (κ2) is 8.40. The van der Waals surface area contributed by atoms with E-state index in [0.717, 1.165) is 16.9 Å². The van der Waals surface area contributed by atoms with E-state index >= 15 is 0 Å². The van der Waals surface area contributed by atoms with E-state index in [-0.39, 0.29) is 5.69 Å². The van der Waals surface area contributed by atoms with Crippen LogP contribution in [0.15, 0.2) is 89.9 Å². The van der Waals surface area contributed by atoms with E-state index in [1.165, 1.54) is 19.2 Å². The van der Waals surface area contributed by atoms with Crippen LogP contribution < -0.4 is 4.74 Å². The van der Waals surface area contributed by atoms with Gasteiger partial charge < -0.3 is 4.74 Å². The topological polar surface area (TPSA) is 82.6 Å². The molecule has 0 N–H and O–H groups in total. The van der Waals surface area contributed by atoms with E-state index in [1.807, 2.05) is 66.7 Å². The third-order valence-corrected chi connectivity index (χ3v) is 4.52. The summed E-state index contributed by atoms with van der Waals surface area (Å²) in [6.07, 6.45) is 1.55. The molecule has 4 rings (SSSR count). The van der Waals surface area contributed by atoms with Crippen molar-refractivity contribution in [1.82, 2.24) is 9.78 Å². The number of nitrogens with zero attached hydrogens (tertiary/aromatic N) is 4. The molecule has 3 aromatic carbocycles. The van der Waals surface area contributed by atoms with E-state index in [0.29, 0.717) is 17.1 Å². The molecule has 30 heavy (non-hydrogen) atoms. The van der Waals surface area contributed by atoms with Crippen LogP contribution in [0.4, 0.5) is 11.5 Å². The van der Waals surface area contributed by atoms with E-state index in [1.54, 1.807) is 17.0 Å². The zero-order valence-corrected chi connectivity index (χ0v) is 16.2. The van der Waals surface area contributed by atoms with E-state index in [9.17, 15) is 10.1 Å². The highest BCUT2D eigenvalue weighted by Gasteiger charge is 2.12. The number of hydrogen-bond donors (Lipinski definition) is 0. The Morgan fingerprint density at radius 2 is 1.70 bits per heavy atom. The number of benzene rings is 3. The van der Waals surface area contributed by atoms with Crippen LogP contribution in [0.25, 0.3) is 16.9 Å². The Morgan fingerprint density at radius 3 is 2.37 bits per heavy atom. The van der Waals surface area contributed by atoms with Crippen LogP contribution in [-0.2, 0) is 0 Å². The first-order chi connectivity index (χ1) is 14.7. The number of methoxy groups -OCH3 is 1. The monoisotopic (exact) mass is 398 g/mol. The van der Waals surface area contributed by atoms with Gasteiger partial charge in [0.2, 0.25) is 0 Å². The van der Waals surface area contributed by atoms with Crippen LogP contribution >= 0.6 is 0 Å². The highest BCUT2D eigenvalue weighted by Crippen LogP contribution is 2.28. The molecule has 0 aliphatic heterocycles. The second-order valence-electron chi connectivity index (χ2n) is 6.44. The maximum atomic E-state index is 11.1. The minimum atomic E-state index is -0.446. The lowest BCUT2D eigenvalue weighted by Gasteiger charge is -2.05. The van der Waals surface area contributed by atoms with Crippen LogP contribution in [0.5, 0.6) is 5.75 Å². The zero-order valence-electron chi connectivity index (χ0n) is 16.2. The van der Waals surface area contributed by atoms with Gasteiger partial charge in [0.05, 0.1) is 23.4 Å². The van der Waals surface area contributed by atoms with Gasteiger partial charge in [0.1, 0.15) is 5.75 Å². The summed E-state index contributed by atoms with van der Waals surface area (Å²) < 4.78 is 7.06. The third-order valence-electron chi connectivity index (χ3n) is 4.52. The molecule has 0 bridgehead atoms. The largest absolute Gasteiger partial charge is 0.496 e. The molecule has 0 saturated heterocycles. The molecule has 1 heterocycles. The SMILES string of the molecule is COc1ccc([N+](=O)[O-])cc1/C=N/c1cc(-c2ccccc2)nn1-c1ccccc1. The lowest BCUT2D eigenvalue weighted by atomic mass is 10.1. The standard InChI is InChI=1S/C23H18N4O3/c1-30-22-13-12-20(27(28)29)14-18(22)16-24-23-15-21(17-8-4-2-5-9-17)25-26(23)19-10-6-3-7-11-19/h2-16H,1H3/b24-16+. The molecule has 0 aliphatic rings.